The highest BCUT2D eigenvalue weighted by molar-refractivity contribution is 6.04. The van der Waals surface area contributed by atoms with Crippen LogP contribution in [0.3, 0.4) is 0 Å². The van der Waals surface area contributed by atoms with Crippen LogP contribution in [0.25, 0.3) is 11.3 Å². The molecule has 2 aliphatic heterocycles. The minimum atomic E-state index is -0.122. The number of aryl methyl sites for hydroxylation is 3. The summed E-state index contributed by atoms with van der Waals surface area (Å²) in [6.07, 6.45) is 10.8. The number of rotatable bonds is 7. The van der Waals surface area contributed by atoms with Gasteiger partial charge in [-0.05, 0) is 86.6 Å². The van der Waals surface area contributed by atoms with Gasteiger partial charge in [0.05, 0.1) is 11.9 Å². The second-order valence-corrected chi connectivity index (χ2v) is 10.6. The number of fused-ring (bicyclic) bond motifs is 2. The van der Waals surface area contributed by atoms with E-state index in [1.165, 1.54) is 31.2 Å². The van der Waals surface area contributed by atoms with Crippen LogP contribution in [0.5, 0.6) is 0 Å². The average molecular weight is 508 g/mol. The highest BCUT2D eigenvalue weighted by Crippen LogP contribution is 2.38. The third-order valence-corrected chi connectivity index (χ3v) is 7.87. The van der Waals surface area contributed by atoms with E-state index in [0.717, 1.165) is 52.4 Å². The van der Waals surface area contributed by atoms with Gasteiger partial charge in [0.1, 0.15) is 0 Å². The number of hydrogen-bond acceptors (Lipinski definition) is 6. The van der Waals surface area contributed by atoms with Crippen molar-refractivity contribution >= 4 is 23.2 Å². The van der Waals surface area contributed by atoms with Crippen LogP contribution in [0.1, 0.15) is 52.7 Å². The second-order valence-electron chi connectivity index (χ2n) is 10.6. The van der Waals surface area contributed by atoms with Gasteiger partial charge in [0, 0.05) is 60.6 Å². The van der Waals surface area contributed by atoms with Crippen LogP contribution in [0.15, 0.2) is 61.1 Å². The molecule has 194 valence electrons. The number of carbonyl (C=O) groups is 1. The van der Waals surface area contributed by atoms with Gasteiger partial charge in [-0.3, -0.25) is 14.4 Å². The van der Waals surface area contributed by atoms with Crippen LogP contribution in [0, 0.1) is 13.8 Å². The highest BCUT2D eigenvalue weighted by atomic mass is 16.1. The molecule has 6 rings (SSSR count). The number of hydrogen-bond donors (Lipinski definition) is 2. The third-order valence-electron chi connectivity index (χ3n) is 7.87. The molecule has 0 aliphatic carbocycles. The number of benzene rings is 2. The van der Waals surface area contributed by atoms with E-state index < -0.39 is 0 Å². The Labute approximate surface area is 223 Å². The molecule has 2 aliphatic rings. The quantitative estimate of drug-likeness (QED) is 0.338. The maximum absolute atomic E-state index is 13.1. The molecule has 0 saturated carbocycles. The van der Waals surface area contributed by atoms with Gasteiger partial charge in [-0.15, -0.1) is 0 Å². The molecule has 2 aromatic heterocycles. The third kappa shape index (κ3) is 4.91. The maximum Gasteiger partial charge on any atom is 0.255 e. The minimum Gasteiger partial charge on any atom is -0.324 e. The summed E-state index contributed by atoms with van der Waals surface area (Å²) < 4.78 is 1.75. The van der Waals surface area contributed by atoms with Gasteiger partial charge in [0.15, 0.2) is 0 Å². The lowest BCUT2D eigenvalue weighted by Crippen LogP contribution is -2.27. The monoisotopic (exact) mass is 507 g/mol. The zero-order valence-electron chi connectivity index (χ0n) is 22.1. The summed E-state index contributed by atoms with van der Waals surface area (Å²) in [5.41, 5.74) is 7.34. The topological polar surface area (TPSA) is 88.0 Å². The lowest BCUT2D eigenvalue weighted by Gasteiger charge is -2.22. The smallest absolute Gasteiger partial charge is 0.255 e. The molecule has 2 fully saturated rings. The first-order valence-corrected chi connectivity index (χ1v) is 13.3. The summed E-state index contributed by atoms with van der Waals surface area (Å²) in [6, 6.07) is 15.3. The first kappa shape index (κ1) is 24.3. The van der Waals surface area contributed by atoms with Gasteiger partial charge >= 0.3 is 0 Å². The molecule has 2 saturated heterocycles. The van der Waals surface area contributed by atoms with Crippen molar-refractivity contribution in [2.24, 2.45) is 7.05 Å². The van der Waals surface area contributed by atoms with Gasteiger partial charge in [0.25, 0.3) is 5.91 Å². The minimum absolute atomic E-state index is 0.122. The van der Waals surface area contributed by atoms with Crippen molar-refractivity contribution in [2.75, 3.05) is 10.6 Å². The zero-order valence-corrected chi connectivity index (χ0v) is 22.1. The summed E-state index contributed by atoms with van der Waals surface area (Å²) in [6.45, 7) is 4.98. The Morgan fingerprint density at radius 1 is 0.974 bits per heavy atom. The molecule has 4 heterocycles. The predicted octanol–water partition coefficient (Wildman–Crippen LogP) is 5.62. The van der Waals surface area contributed by atoms with Crippen molar-refractivity contribution in [2.45, 2.75) is 58.2 Å². The van der Waals surface area contributed by atoms with Crippen molar-refractivity contribution in [1.82, 2.24) is 24.6 Å². The number of aromatic nitrogens is 4. The number of nitrogens with one attached hydrogen (secondary N) is 2. The van der Waals surface area contributed by atoms with Gasteiger partial charge < -0.3 is 10.6 Å². The zero-order chi connectivity index (χ0) is 26.2. The van der Waals surface area contributed by atoms with E-state index in [9.17, 15) is 4.79 Å². The van der Waals surface area contributed by atoms with E-state index in [1.54, 1.807) is 17.1 Å². The Hall–Kier alpha value is -4.04. The molecule has 8 heteroatoms. The van der Waals surface area contributed by atoms with E-state index in [-0.39, 0.29) is 5.91 Å². The average Bonchev–Trinajstić information content (AvgIpc) is 3.63. The fourth-order valence-electron chi connectivity index (χ4n) is 5.76. The Bertz CT molecular complexity index is 1460. The van der Waals surface area contributed by atoms with Crippen molar-refractivity contribution in [3.63, 3.8) is 0 Å². The summed E-state index contributed by atoms with van der Waals surface area (Å²) >= 11 is 0. The lowest BCUT2D eigenvalue weighted by molar-refractivity contribution is 0.102. The summed E-state index contributed by atoms with van der Waals surface area (Å²) in [7, 11) is 1.88. The Kier molecular flexibility index (Phi) is 6.41. The fourth-order valence-corrected chi connectivity index (χ4v) is 5.76. The number of nitrogens with zero attached hydrogens (tertiary/aromatic N) is 5. The summed E-state index contributed by atoms with van der Waals surface area (Å²) in [5.74, 6) is 0.369. The molecule has 0 radical (unpaired) electrons. The van der Waals surface area contributed by atoms with Crippen molar-refractivity contribution in [3.05, 3.63) is 83.3 Å². The molecule has 2 aromatic carbocycles. The molecular weight excluding hydrogens is 474 g/mol. The van der Waals surface area contributed by atoms with E-state index >= 15 is 0 Å². The Morgan fingerprint density at radius 2 is 1.71 bits per heavy atom. The molecule has 0 atom stereocenters. The van der Waals surface area contributed by atoms with Gasteiger partial charge in [-0.25, -0.2) is 9.97 Å². The van der Waals surface area contributed by atoms with Crippen molar-refractivity contribution < 1.29 is 4.79 Å². The molecule has 4 aromatic rings. The van der Waals surface area contributed by atoms with Crippen LogP contribution < -0.4 is 10.6 Å². The molecule has 2 bridgehead atoms. The molecule has 0 spiro atoms. The van der Waals surface area contributed by atoms with Crippen LogP contribution in [0.2, 0.25) is 0 Å². The van der Waals surface area contributed by atoms with Crippen LogP contribution >= 0.6 is 0 Å². The van der Waals surface area contributed by atoms with Crippen molar-refractivity contribution in [1.29, 1.82) is 0 Å². The summed E-state index contributed by atoms with van der Waals surface area (Å²) in [5, 5.41) is 10.6. The maximum atomic E-state index is 13.1. The first-order valence-electron chi connectivity index (χ1n) is 13.3. The number of carbonyl (C=O) groups excluding carboxylic acids is 1. The molecule has 38 heavy (non-hydrogen) atoms. The fraction of sp³-hybridized carbons (Fsp3) is 0.333. The van der Waals surface area contributed by atoms with Crippen molar-refractivity contribution in [3.8, 4) is 11.3 Å². The molecule has 0 unspecified atom stereocenters. The second kappa shape index (κ2) is 10.0. The largest absolute Gasteiger partial charge is 0.324 e. The standard InChI is InChI=1S/C30H33N7O/c1-19-4-5-21(17-37-25-10-11-26(37)13-12-25)14-27(19)34-29(38)22-6-8-24(9-7-22)33-30-31-15-20(2)28(35-30)23-16-32-36(3)18-23/h4-9,14-16,18,25-26H,10-13,17H2,1-3H3,(H,34,38)(H,31,33,35). The number of anilines is 3. The molecule has 2 N–H and O–H groups in total. The van der Waals surface area contributed by atoms with Gasteiger partial charge in [-0.2, -0.15) is 5.10 Å². The predicted molar refractivity (Wildman–Crippen MR) is 149 cm³/mol. The van der Waals surface area contributed by atoms with Gasteiger partial charge in [0.2, 0.25) is 5.95 Å². The molecule has 1 amide bonds. The SMILES string of the molecule is Cc1ccc(CN2C3CCC2CC3)cc1NC(=O)c1ccc(Nc2ncc(C)c(-c3cnn(C)c3)n2)cc1. The Morgan fingerprint density at radius 3 is 2.39 bits per heavy atom. The van der Waals surface area contributed by atoms with Gasteiger partial charge in [-0.1, -0.05) is 12.1 Å². The molecular formula is C30H33N7O. The summed E-state index contributed by atoms with van der Waals surface area (Å²) in [4.78, 5) is 24.8. The first-order chi connectivity index (χ1) is 18.4. The van der Waals surface area contributed by atoms with Crippen LogP contribution in [-0.4, -0.2) is 42.6 Å². The van der Waals surface area contributed by atoms with Crippen LogP contribution in [0.4, 0.5) is 17.3 Å². The lowest BCUT2D eigenvalue weighted by atomic mass is 10.0. The van der Waals surface area contributed by atoms with Crippen LogP contribution in [-0.2, 0) is 13.6 Å². The molecule has 8 nitrogen and oxygen atoms in total. The highest BCUT2D eigenvalue weighted by Gasteiger charge is 2.38. The van der Waals surface area contributed by atoms with E-state index in [1.807, 2.05) is 51.4 Å². The van der Waals surface area contributed by atoms with E-state index in [4.69, 9.17) is 0 Å². The Balaban J connectivity index is 1.12. The number of amides is 1. The van der Waals surface area contributed by atoms with E-state index in [2.05, 4.69) is 48.8 Å². The normalized spacial score (nSPS) is 18.6. The van der Waals surface area contributed by atoms with E-state index in [0.29, 0.717) is 11.5 Å².